The van der Waals surface area contributed by atoms with Gasteiger partial charge in [0.15, 0.2) is 16.6 Å². The molecule has 0 unspecified atom stereocenters. The fourth-order valence-corrected chi connectivity index (χ4v) is 1.43. The number of thiazole rings is 1. The van der Waals surface area contributed by atoms with Crippen LogP contribution >= 0.6 is 11.3 Å². The van der Waals surface area contributed by atoms with Crippen molar-refractivity contribution in [1.82, 2.24) is 4.98 Å². The molecule has 1 heterocycles. The second-order valence-corrected chi connectivity index (χ2v) is 4.86. The summed E-state index contributed by atoms with van der Waals surface area (Å²) in [6, 6.07) is 0. The molecule has 3 N–H and O–H groups in total. The molecular formula is C10H13N3O4S. The molecule has 1 rings (SSSR count). The van der Waals surface area contributed by atoms with E-state index in [2.05, 4.69) is 10.1 Å². The van der Waals surface area contributed by atoms with Crippen LogP contribution in [0.15, 0.2) is 10.5 Å². The summed E-state index contributed by atoms with van der Waals surface area (Å²) in [5, 5.41) is 14.3. The quantitative estimate of drug-likeness (QED) is 0.607. The van der Waals surface area contributed by atoms with Crippen molar-refractivity contribution in [3.63, 3.8) is 0 Å². The van der Waals surface area contributed by atoms with Crippen molar-refractivity contribution in [3.8, 4) is 0 Å². The highest BCUT2D eigenvalue weighted by Gasteiger charge is 2.30. The number of carboxylic acid groups (broad SMARTS) is 1. The third-order valence-corrected chi connectivity index (χ3v) is 2.65. The van der Waals surface area contributed by atoms with Gasteiger partial charge in [-0.05, 0) is 13.8 Å². The van der Waals surface area contributed by atoms with E-state index >= 15 is 0 Å². The molecule has 8 heteroatoms. The molecule has 0 amide bonds. The molecule has 1 aromatic heterocycles. The second-order valence-electron chi connectivity index (χ2n) is 3.97. The molecule has 7 nitrogen and oxygen atoms in total. The van der Waals surface area contributed by atoms with Gasteiger partial charge in [-0.3, -0.25) is 4.79 Å². The highest BCUT2D eigenvalue weighted by molar-refractivity contribution is 7.13. The van der Waals surface area contributed by atoms with Gasteiger partial charge in [0, 0.05) is 12.3 Å². The van der Waals surface area contributed by atoms with Gasteiger partial charge in [-0.25, -0.2) is 9.78 Å². The lowest BCUT2D eigenvalue weighted by Gasteiger charge is -2.16. The Labute approximate surface area is 107 Å². The summed E-state index contributed by atoms with van der Waals surface area (Å²) in [6.07, 6.45) is 0. The first-order chi connectivity index (χ1) is 8.24. The number of nitrogens with zero attached hydrogens (tertiary/aromatic N) is 2. The van der Waals surface area contributed by atoms with Crippen LogP contribution in [0.25, 0.3) is 0 Å². The zero-order valence-electron chi connectivity index (χ0n) is 10.1. The summed E-state index contributed by atoms with van der Waals surface area (Å²) in [5.74, 6) is -1.58. The van der Waals surface area contributed by atoms with Crippen LogP contribution in [0.3, 0.4) is 0 Å². The standard InChI is InChI=1S/C10H13N3O4S/c1-5(14)7(6-4-18-9(11)12-6)13-17-10(2,3)8(15)16/h4H,1-3H3,(H2,11,12)(H,15,16)/b13-7+. The van der Waals surface area contributed by atoms with Gasteiger partial charge in [0.1, 0.15) is 5.69 Å². The Bertz CT molecular complexity index is 507. The van der Waals surface area contributed by atoms with E-state index in [1.807, 2.05) is 0 Å². The molecule has 0 aliphatic carbocycles. The lowest BCUT2D eigenvalue weighted by atomic mass is 10.1. The minimum absolute atomic E-state index is 0.0581. The number of Topliss-reactive ketones (excluding diaryl/α,β-unsaturated/α-hetero) is 1. The van der Waals surface area contributed by atoms with E-state index in [0.717, 1.165) is 11.3 Å². The molecule has 0 radical (unpaired) electrons. The largest absolute Gasteiger partial charge is 0.478 e. The van der Waals surface area contributed by atoms with Crippen LogP contribution in [0.4, 0.5) is 5.13 Å². The number of carboxylic acids is 1. The monoisotopic (exact) mass is 271 g/mol. The first-order valence-electron chi connectivity index (χ1n) is 4.96. The maximum Gasteiger partial charge on any atom is 0.350 e. The zero-order valence-corrected chi connectivity index (χ0v) is 10.9. The number of aromatic nitrogens is 1. The molecule has 0 saturated carbocycles. The minimum atomic E-state index is -1.53. The van der Waals surface area contributed by atoms with Crippen molar-refractivity contribution in [1.29, 1.82) is 0 Å². The van der Waals surface area contributed by atoms with Crippen LogP contribution < -0.4 is 5.73 Å². The van der Waals surface area contributed by atoms with Gasteiger partial charge in [-0.15, -0.1) is 11.3 Å². The van der Waals surface area contributed by atoms with Crippen molar-refractivity contribution in [3.05, 3.63) is 11.1 Å². The lowest BCUT2D eigenvalue weighted by molar-refractivity contribution is -0.161. The summed E-state index contributed by atoms with van der Waals surface area (Å²) in [6.45, 7) is 3.93. The minimum Gasteiger partial charge on any atom is -0.478 e. The summed E-state index contributed by atoms with van der Waals surface area (Å²) >= 11 is 1.15. The molecule has 18 heavy (non-hydrogen) atoms. The van der Waals surface area contributed by atoms with E-state index in [-0.39, 0.29) is 22.3 Å². The lowest BCUT2D eigenvalue weighted by Crippen LogP contribution is -2.33. The number of hydrogen-bond acceptors (Lipinski definition) is 7. The molecule has 0 spiro atoms. The van der Waals surface area contributed by atoms with Gasteiger partial charge in [0.05, 0.1) is 0 Å². The fraction of sp³-hybridized carbons (Fsp3) is 0.400. The number of aliphatic carboxylic acids is 1. The molecule has 0 aliphatic heterocycles. The second kappa shape index (κ2) is 5.13. The topological polar surface area (TPSA) is 115 Å². The average molecular weight is 271 g/mol. The predicted octanol–water partition coefficient (Wildman–Crippen LogP) is 0.898. The van der Waals surface area contributed by atoms with Crippen molar-refractivity contribution >= 4 is 33.9 Å². The van der Waals surface area contributed by atoms with Gasteiger partial charge < -0.3 is 15.7 Å². The van der Waals surface area contributed by atoms with E-state index in [0.29, 0.717) is 0 Å². The summed E-state index contributed by atoms with van der Waals surface area (Å²) in [7, 11) is 0. The summed E-state index contributed by atoms with van der Waals surface area (Å²) in [4.78, 5) is 31.0. The third-order valence-electron chi connectivity index (χ3n) is 1.98. The van der Waals surface area contributed by atoms with E-state index in [4.69, 9.17) is 15.7 Å². The van der Waals surface area contributed by atoms with Crippen LogP contribution in [0.5, 0.6) is 0 Å². The average Bonchev–Trinajstić information content (AvgIpc) is 2.64. The molecule has 0 saturated heterocycles. The fourth-order valence-electron chi connectivity index (χ4n) is 0.887. The van der Waals surface area contributed by atoms with Crippen LogP contribution in [0.2, 0.25) is 0 Å². The number of rotatable bonds is 5. The van der Waals surface area contributed by atoms with Crippen LogP contribution in [-0.4, -0.2) is 33.2 Å². The number of oxime groups is 1. The van der Waals surface area contributed by atoms with Crippen molar-refractivity contribution < 1.29 is 19.5 Å². The zero-order chi connectivity index (χ0) is 13.9. The van der Waals surface area contributed by atoms with Crippen molar-refractivity contribution in [2.45, 2.75) is 26.4 Å². The first-order valence-corrected chi connectivity index (χ1v) is 5.84. The molecule has 98 valence electrons. The maximum absolute atomic E-state index is 11.4. The smallest absolute Gasteiger partial charge is 0.350 e. The molecule has 0 aromatic carbocycles. The predicted molar refractivity (Wildman–Crippen MR) is 66.5 cm³/mol. The van der Waals surface area contributed by atoms with Gasteiger partial charge in [0.25, 0.3) is 0 Å². The summed E-state index contributed by atoms with van der Waals surface area (Å²) in [5.41, 5.74) is 4.14. The van der Waals surface area contributed by atoms with Crippen LogP contribution in [0, 0.1) is 0 Å². The third kappa shape index (κ3) is 3.27. The number of nitrogen functional groups attached to an aromatic ring is 1. The normalized spacial score (nSPS) is 12.3. The van der Waals surface area contributed by atoms with E-state index in [9.17, 15) is 9.59 Å². The first kappa shape index (κ1) is 14.1. The molecule has 0 bridgehead atoms. The number of hydrogen-bond donors (Lipinski definition) is 2. The van der Waals surface area contributed by atoms with Gasteiger partial charge in [0.2, 0.25) is 5.60 Å². The van der Waals surface area contributed by atoms with Gasteiger partial charge in [-0.2, -0.15) is 0 Å². The Morgan fingerprint density at radius 2 is 2.17 bits per heavy atom. The summed E-state index contributed by atoms with van der Waals surface area (Å²) < 4.78 is 0. The molecule has 0 atom stereocenters. The van der Waals surface area contributed by atoms with Gasteiger partial charge in [-0.1, -0.05) is 5.16 Å². The number of nitrogens with two attached hydrogens (primary N) is 1. The Kier molecular flexibility index (Phi) is 4.02. The Hall–Kier alpha value is -1.96. The molecule has 0 fully saturated rings. The number of anilines is 1. The Balaban J connectivity index is 3.01. The van der Waals surface area contributed by atoms with E-state index < -0.39 is 11.6 Å². The van der Waals surface area contributed by atoms with E-state index in [1.54, 1.807) is 5.38 Å². The number of carbonyl (C=O) groups is 2. The highest BCUT2D eigenvalue weighted by atomic mass is 32.1. The van der Waals surface area contributed by atoms with Crippen LogP contribution in [-0.2, 0) is 14.4 Å². The highest BCUT2D eigenvalue weighted by Crippen LogP contribution is 2.15. The molecule has 1 aromatic rings. The molecule has 0 aliphatic rings. The SMILES string of the molecule is CC(=O)/C(=N\OC(C)(C)C(=O)O)c1csc(N)n1. The Morgan fingerprint density at radius 3 is 2.56 bits per heavy atom. The molecular weight excluding hydrogens is 258 g/mol. The van der Waals surface area contributed by atoms with Gasteiger partial charge >= 0.3 is 5.97 Å². The number of carbonyl (C=O) groups excluding carboxylic acids is 1. The van der Waals surface area contributed by atoms with Crippen molar-refractivity contribution in [2.75, 3.05) is 5.73 Å². The van der Waals surface area contributed by atoms with Crippen LogP contribution in [0.1, 0.15) is 26.5 Å². The van der Waals surface area contributed by atoms with Crippen molar-refractivity contribution in [2.24, 2.45) is 5.16 Å². The number of ketones is 1. The Morgan fingerprint density at radius 1 is 1.56 bits per heavy atom. The van der Waals surface area contributed by atoms with E-state index in [1.165, 1.54) is 20.8 Å². The maximum atomic E-state index is 11.4.